The monoisotopic (exact) mass is 243 g/mol. The first-order valence-corrected chi connectivity index (χ1v) is 6.43. The highest BCUT2D eigenvalue weighted by atomic mass is 16.1. The third-order valence-electron chi connectivity index (χ3n) is 3.37. The van der Waals surface area contributed by atoms with E-state index < -0.39 is 0 Å². The molecule has 102 valence electrons. The molecule has 2 unspecified atom stereocenters. The molecule has 1 amide bonds. The smallest absolute Gasteiger partial charge is 0.235 e. The fourth-order valence-corrected chi connectivity index (χ4v) is 1.68. The van der Waals surface area contributed by atoms with Gasteiger partial charge in [0.2, 0.25) is 5.91 Å². The van der Waals surface area contributed by atoms with Crippen LogP contribution in [0.1, 0.15) is 41.0 Å². The second-order valence-electron chi connectivity index (χ2n) is 5.89. The summed E-state index contributed by atoms with van der Waals surface area (Å²) in [7, 11) is 2.04. The van der Waals surface area contributed by atoms with Crippen molar-refractivity contribution in [3.8, 4) is 0 Å². The summed E-state index contributed by atoms with van der Waals surface area (Å²) in [6.45, 7) is 12.3. The van der Waals surface area contributed by atoms with Gasteiger partial charge in [-0.2, -0.15) is 0 Å². The van der Waals surface area contributed by atoms with Crippen LogP contribution in [0.3, 0.4) is 0 Å². The van der Waals surface area contributed by atoms with E-state index in [1.165, 1.54) is 0 Å². The predicted molar refractivity (Wildman–Crippen MR) is 72.8 cm³/mol. The van der Waals surface area contributed by atoms with E-state index in [4.69, 9.17) is 5.73 Å². The van der Waals surface area contributed by atoms with Crippen molar-refractivity contribution in [2.24, 2.45) is 11.1 Å². The Labute approximate surface area is 106 Å². The first-order chi connectivity index (χ1) is 7.70. The third kappa shape index (κ3) is 6.03. The molecule has 0 bridgehead atoms. The van der Waals surface area contributed by atoms with Gasteiger partial charge in [-0.05, 0) is 32.4 Å². The van der Waals surface area contributed by atoms with Crippen molar-refractivity contribution in [1.29, 1.82) is 0 Å². The fraction of sp³-hybridized carbons (Fsp3) is 0.923. The van der Waals surface area contributed by atoms with Crippen molar-refractivity contribution < 1.29 is 4.79 Å². The second kappa shape index (κ2) is 6.97. The Hall–Kier alpha value is -0.610. The topological polar surface area (TPSA) is 58.4 Å². The van der Waals surface area contributed by atoms with Crippen LogP contribution < -0.4 is 11.1 Å². The van der Waals surface area contributed by atoms with Gasteiger partial charge in [0.05, 0.1) is 6.04 Å². The molecule has 3 N–H and O–H groups in total. The normalized spacial score (nSPS) is 15.9. The molecule has 0 saturated heterocycles. The average Bonchev–Trinajstić information content (AvgIpc) is 2.20. The Morgan fingerprint density at radius 1 is 1.41 bits per heavy atom. The van der Waals surface area contributed by atoms with Crippen LogP contribution in [0.5, 0.6) is 0 Å². The lowest BCUT2D eigenvalue weighted by Crippen LogP contribution is -2.52. The van der Waals surface area contributed by atoms with Crippen LogP contribution in [-0.4, -0.2) is 43.0 Å². The summed E-state index contributed by atoms with van der Waals surface area (Å²) in [6.07, 6.45) is 1.00. The number of hydrogen-bond donors (Lipinski definition) is 2. The lowest BCUT2D eigenvalue weighted by molar-refractivity contribution is -0.120. The van der Waals surface area contributed by atoms with Crippen molar-refractivity contribution in [2.45, 2.75) is 53.1 Å². The molecule has 0 heterocycles. The van der Waals surface area contributed by atoms with E-state index in [1.807, 2.05) is 7.05 Å². The fourth-order valence-electron chi connectivity index (χ4n) is 1.68. The average molecular weight is 243 g/mol. The minimum atomic E-state index is -0.272. The Bertz CT molecular complexity index is 235. The van der Waals surface area contributed by atoms with Gasteiger partial charge in [-0.25, -0.2) is 0 Å². The van der Waals surface area contributed by atoms with Gasteiger partial charge in [0, 0.05) is 12.6 Å². The van der Waals surface area contributed by atoms with Gasteiger partial charge in [-0.1, -0.05) is 27.7 Å². The summed E-state index contributed by atoms with van der Waals surface area (Å²) in [6, 6.07) is 0.137. The van der Waals surface area contributed by atoms with Crippen molar-refractivity contribution >= 4 is 5.91 Å². The maximum absolute atomic E-state index is 11.3. The number of carbonyl (C=O) groups excluding carboxylic acids is 1. The zero-order valence-electron chi connectivity index (χ0n) is 12.2. The summed E-state index contributed by atoms with van der Waals surface area (Å²) < 4.78 is 0. The second-order valence-corrected chi connectivity index (χ2v) is 5.89. The van der Waals surface area contributed by atoms with Gasteiger partial charge in [0.15, 0.2) is 0 Å². The van der Waals surface area contributed by atoms with Crippen molar-refractivity contribution in [1.82, 2.24) is 10.2 Å². The van der Waals surface area contributed by atoms with Crippen LogP contribution in [-0.2, 0) is 4.79 Å². The minimum absolute atomic E-state index is 0.196. The van der Waals surface area contributed by atoms with Crippen molar-refractivity contribution in [3.05, 3.63) is 0 Å². The molecule has 0 aromatic heterocycles. The molecule has 17 heavy (non-hydrogen) atoms. The molecular formula is C13H29N3O. The minimum Gasteiger partial charge on any atom is -0.368 e. The molecule has 0 aromatic rings. The van der Waals surface area contributed by atoms with Gasteiger partial charge in [-0.3, -0.25) is 4.79 Å². The first-order valence-electron chi connectivity index (χ1n) is 6.43. The van der Waals surface area contributed by atoms with Crippen LogP contribution in [0.2, 0.25) is 0 Å². The number of amides is 1. The van der Waals surface area contributed by atoms with Crippen molar-refractivity contribution in [3.63, 3.8) is 0 Å². The number of nitrogens with one attached hydrogen (secondary N) is 1. The van der Waals surface area contributed by atoms with E-state index in [0.717, 1.165) is 13.0 Å². The molecule has 0 aromatic carbocycles. The highest BCUT2D eigenvalue weighted by Gasteiger charge is 2.26. The predicted octanol–water partition coefficient (Wildman–Crippen LogP) is 1.21. The van der Waals surface area contributed by atoms with E-state index in [9.17, 15) is 4.79 Å². The van der Waals surface area contributed by atoms with Crippen molar-refractivity contribution in [2.75, 3.05) is 20.1 Å². The maximum atomic E-state index is 11.3. The SMILES string of the molecule is CCCNC(CN(C)C(C)C(C)(C)C)C(N)=O. The first kappa shape index (κ1) is 16.4. The Morgan fingerprint density at radius 3 is 2.29 bits per heavy atom. The number of hydrogen-bond acceptors (Lipinski definition) is 3. The lowest BCUT2D eigenvalue weighted by atomic mass is 9.87. The number of likely N-dealkylation sites (N-methyl/N-ethyl adjacent to an activating group) is 1. The molecule has 0 radical (unpaired) electrons. The van der Waals surface area contributed by atoms with E-state index in [0.29, 0.717) is 12.6 Å². The number of primary amides is 1. The lowest BCUT2D eigenvalue weighted by Gasteiger charge is -2.36. The summed E-state index contributed by atoms with van der Waals surface area (Å²) in [5.41, 5.74) is 5.60. The molecule has 2 atom stereocenters. The number of nitrogens with zero attached hydrogens (tertiary/aromatic N) is 1. The van der Waals surface area contributed by atoms with E-state index in [2.05, 4.69) is 44.8 Å². The standard InChI is InChI=1S/C13H29N3O/c1-7-8-15-11(12(14)17)9-16(6)10(2)13(3,4)5/h10-11,15H,7-9H2,1-6H3,(H2,14,17). The quantitative estimate of drug-likeness (QED) is 0.706. The van der Waals surface area contributed by atoms with Gasteiger partial charge >= 0.3 is 0 Å². The van der Waals surface area contributed by atoms with Crippen LogP contribution in [0.25, 0.3) is 0 Å². The van der Waals surface area contributed by atoms with E-state index in [-0.39, 0.29) is 17.4 Å². The Morgan fingerprint density at radius 2 is 1.94 bits per heavy atom. The van der Waals surface area contributed by atoms with Crippen LogP contribution in [0.15, 0.2) is 0 Å². The largest absolute Gasteiger partial charge is 0.368 e. The maximum Gasteiger partial charge on any atom is 0.235 e. The zero-order valence-corrected chi connectivity index (χ0v) is 12.2. The summed E-state index contributed by atoms with van der Waals surface area (Å²) in [4.78, 5) is 13.5. The zero-order chi connectivity index (χ0) is 13.6. The van der Waals surface area contributed by atoms with Crippen LogP contribution >= 0.6 is 0 Å². The number of carbonyl (C=O) groups is 1. The van der Waals surface area contributed by atoms with Gasteiger partial charge in [0.25, 0.3) is 0 Å². The summed E-state index contributed by atoms with van der Waals surface area (Å²) >= 11 is 0. The molecular weight excluding hydrogens is 214 g/mol. The number of nitrogens with two attached hydrogens (primary N) is 1. The summed E-state index contributed by atoms with van der Waals surface area (Å²) in [5, 5.41) is 3.19. The molecule has 4 nitrogen and oxygen atoms in total. The molecule has 0 aliphatic heterocycles. The molecule has 0 aliphatic carbocycles. The van der Waals surface area contributed by atoms with E-state index in [1.54, 1.807) is 0 Å². The Kier molecular flexibility index (Phi) is 6.72. The molecule has 0 spiro atoms. The highest BCUT2D eigenvalue weighted by Crippen LogP contribution is 2.22. The molecule has 0 saturated carbocycles. The molecule has 0 rings (SSSR count). The van der Waals surface area contributed by atoms with Gasteiger partial charge in [-0.15, -0.1) is 0 Å². The summed E-state index contributed by atoms with van der Waals surface area (Å²) in [5.74, 6) is -0.272. The molecule has 0 aliphatic rings. The van der Waals surface area contributed by atoms with Crippen LogP contribution in [0, 0.1) is 5.41 Å². The highest BCUT2D eigenvalue weighted by molar-refractivity contribution is 5.80. The third-order valence-corrected chi connectivity index (χ3v) is 3.37. The Balaban J connectivity index is 4.39. The van der Waals surface area contributed by atoms with E-state index >= 15 is 0 Å². The van der Waals surface area contributed by atoms with Gasteiger partial charge in [0.1, 0.15) is 0 Å². The number of rotatable bonds is 7. The molecule has 0 fully saturated rings. The molecule has 4 heteroatoms. The van der Waals surface area contributed by atoms with Gasteiger partial charge < -0.3 is 16.0 Å². The van der Waals surface area contributed by atoms with Crippen LogP contribution in [0.4, 0.5) is 0 Å².